The van der Waals surface area contributed by atoms with Crippen LogP contribution >= 0.6 is 15.9 Å². The van der Waals surface area contributed by atoms with Gasteiger partial charge in [-0.15, -0.1) is 5.54 Å². The molecule has 0 heterocycles. The predicted molar refractivity (Wildman–Crippen MR) is 71.8 cm³/mol. The summed E-state index contributed by atoms with van der Waals surface area (Å²) in [7, 11) is -0.346. The molecule has 0 radical (unpaired) electrons. The fourth-order valence-corrected chi connectivity index (χ4v) is 1.90. The molecule has 84 valence electrons. The highest BCUT2D eigenvalue weighted by Crippen LogP contribution is 2.24. The van der Waals surface area contributed by atoms with E-state index in [1.54, 1.807) is 6.07 Å². The Morgan fingerprint density at radius 1 is 1.56 bits per heavy atom. The van der Waals surface area contributed by atoms with Gasteiger partial charge in [0.25, 0.3) is 0 Å². The number of aryl methyl sites for hydroxylation is 1. The maximum absolute atomic E-state index is 10.6. The summed E-state index contributed by atoms with van der Waals surface area (Å²) in [5.41, 5.74) is 5.30. The minimum Gasteiger partial charge on any atom is -0.465 e. The van der Waals surface area contributed by atoms with Crippen LogP contribution in [0.25, 0.3) is 0 Å². The zero-order chi connectivity index (χ0) is 12.1. The van der Waals surface area contributed by atoms with Gasteiger partial charge < -0.3 is 5.11 Å². The standard InChI is InChI=1S/C11H12BrNO2Si/c1-7-5-10(13-11(14)15)8(3-4-16-2)6-9(7)12/h5-6,13H,16H2,1-2H3,(H,14,15). The molecule has 0 atom stereocenters. The van der Waals surface area contributed by atoms with E-state index in [9.17, 15) is 4.79 Å². The van der Waals surface area contributed by atoms with E-state index >= 15 is 0 Å². The fraction of sp³-hybridized carbons (Fsp3) is 0.182. The highest BCUT2D eigenvalue weighted by Gasteiger charge is 2.06. The van der Waals surface area contributed by atoms with Crippen LogP contribution in [-0.2, 0) is 0 Å². The maximum Gasteiger partial charge on any atom is 0.409 e. The molecule has 0 spiro atoms. The Labute approximate surface area is 105 Å². The van der Waals surface area contributed by atoms with Crippen molar-refractivity contribution >= 4 is 37.2 Å². The molecule has 1 amide bonds. The topological polar surface area (TPSA) is 49.3 Å². The molecular weight excluding hydrogens is 286 g/mol. The molecule has 1 rings (SSSR count). The Kier molecular flexibility index (Phi) is 4.59. The molecule has 0 saturated carbocycles. The first kappa shape index (κ1) is 12.8. The molecule has 0 saturated heterocycles. The first-order valence-electron chi connectivity index (χ1n) is 4.83. The molecule has 2 N–H and O–H groups in total. The average molecular weight is 298 g/mol. The minimum atomic E-state index is -1.07. The number of hydrogen-bond donors (Lipinski definition) is 2. The normalized spacial score (nSPS) is 9.94. The lowest BCUT2D eigenvalue weighted by molar-refractivity contribution is 0.209. The molecule has 0 fully saturated rings. The SMILES string of the molecule is C[SiH2]C#Cc1cc(Br)c(C)cc1NC(=O)O. The Bertz CT molecular complexity index is 477. The van der Waals surface area contributed by atoms with Crippen LogP contribution < -0.4 is 5.32 Å². The van der Waals surface area contributed by atoms with Gasteiger partial charge in [0, 0.05) is 10.0 Å². The van der Waals surface area contributed by atoms with Crippen molar-refractivity contribution in [1.82, 2.24) is 0 Å². The van der Waals surface area contributed by atoms with Gasteiger partial charge >= 0.3 is 6.09 Å². The van der Waals surface area contributed by atoms with Gasteiger partial charge in [0.2, 0.25) is 0 Å². The van der Waals surface area contributed by atoms with E-state index in [0.29, 0.717) is 11.3 Å². The van der Waals surface area contributed by atoms with Crippen molar-refractivity contribution in [3.63, 3.8) is 0 Å². The van der Waals surface area contributed by atoms with Gasteiger partial charge in [0.05, 0.1) is 5.69 Å². The number of hydrogen-bond acceptors (Lipinski definition) is 1. The van der Waals surface area contributed by atoms with Crippen molar-refractivity contribution in [2.45, 2.75) is 13.5 Å². The monoisotopic (exact) mass is 297 g/mol. The summed E-state index contributed by atoms with van der Waals surface area (Å²) < 4.78 is 0.936. The highest BCUT2D eigenvalue weighted by molar-refractivity contribution is 9.10. The zero-order valence-corrected chi connectivity index (χ0v) is 12.1. The number of amides is 1. The lowest BCUT2D eigenvalue weighted by atomic mass is 10.1. The van der Waals surface area contributed by atoms with E-state index in [1.807, 2.05) is 13.0 Å². The second kappa shape index (κ2) is 5.73. The zero-order valence-electron chi connectivity index (χ0n) is 9.10. The van der Waals surface area contributed by atoms with Crippen molar-refractivity contribution in [2.75, 3.05) is 5.32 Å². The average Bonchev–Trinajstić information content (AvgIpc) is 2.20. The van der Waals surface area contributed by atoms with E-state index in [4.69, 9.17) is 5.11 Å². The van der Waals surface area contributed by atoms with E-state index < -0.39 is 6.09 Å². The summed E-state index contributed by atoms with van der Waals surface area (Å²) in [6.07, 6.45) is -1.07. The molecule has 0 aromatic heterocycles. The van der Waals surface area contributed by atoms with Crippen molar-refractivity contribution in [3.05, 3.63) is 27.7 Å². The quantitative estimate of drug-likeness (QED) is 0.618. The Morgan fingerprint density at radius 2 is 2.25 bits per heavy atom. The molecule has 0 aliphatic rings. The van der Waals surface area contributed by atoms with Crippen molar-refractivity contribution in [1.29, 1.82) is 0 Å². The van der Waals surface area contributed by atoms with Crippen LogP contribution in [0.5, 0.6) is 0 Å². The molecule has 0 bridgehead atoms. The van der Waals surface area contributed by atoms with Crippen molar-refractivity contribution in [3.8, 4) is 11.5 Å². The van der Waals surface area contributed by atoms with Crippen LogP contribution in [0.15, 0.2) is 16.6 Å². The van der Waals surface area contributed by atoms with E-state index in [2.05, 4.69) is 39.3 Å². The van der Waals surface area contributed by atoms with Gasteiger partial charge in [0.15, 0.2) is 0 Å². The van der Waals surface area contributed by atoms with Crippen molar-refractivity contribution < 1.29 is 9.90 Å². The van der Waals surface area contributed by atoms with E-state index in [0.717, 1.165) is 10.0 Å². The van der Waals surface area contributed by atoms with Crippen LogP contribution in [0.2, 0.25) is 6.55 Å². The van der Waals surface area contributed by atoms with E-state index in [1.165, 1.54) is 0 Å². The molecule has 0 aliphatic carbocycles. The van der Waals surface area contributed by atoms with Crippen LogP contribution in [0, 0.1) is 18.4 Å². The maximum atomic E-state index is 10.6. The molecule has 5 heteroatoms. The van der Waals surface area contributed by atoms with Crippen LogP contribution in [0.1, 0.15) is 11.1 Å². The van der Waals surface area contributed by atoms with Gasteiger partial charge in [-0.25, -0.2) is 4.79 Å². The third-order valence-corrected chi connectivity index (χ3v) is 3.32. The molecule has 0 aliphatic heterocycles. The van der Waals surface area contributed by atoms with Gasteiger partial charge in [0.1, 0.15) is 9.52 Å². The highest BCUT2D eigenvalue weighted by atomic mass is 79.9. The van der Waals surface area contributed by atoms with Gasteiger partial charge in [-0.2, -0.15) is 0 Å². The summed E-state index contributed by atoms with van der Waals surface area (Å²) >= 11 is 3.41. The van der Waals surface area contributed by atoms with Gasteiger partial charge in [-0.1, -0.05) is 28.4 Å². The first-order chi connectivity index (χ1) is 7.54. The minimum absolute atomic E-state index is 0.346. The summed E-state index contributed by atoms with van der Waals surface area (Å²) in [6, 6.07) is 3.62. The fourth-order valence-electron chi connectivity index (χ4n) is 1.19. The van der Waals surface area contributed by atoms with Crippen LogP contribution in [0.4, 0.5) is 10.5 Å². The smallest absolute Gasteiger partial charge is 0.409 e. The molecule has 3 nitrogen and oxygen atoms in total. The van der Waals surface area contributed by atoms with Gasteiger partial charge in [-0.3, -0.25) is 5.32 Å². The number of halogens is 1. The Balaban J connectivity index is 3.21. The molecule has 1 aromatic carbocycles. The van der Waals surface area contributed by atoms with Crippen LogP contribution in [-0.4, -0.2) is 20.7 Å². The van der Waals surface area contributed by atoms with Crippen molar-refractivity contribution in [2.24, 2.45) is 0 Å². The molecule has 16 heavy (non-hydrogen) atoms. The second-order valence-corrected chi connectivity index (χ2v) is 5.15. The number of anilines is 1. The van der Waals surface area contributed by atoms with Gasteiger partial charge in [-0.05, 0) is 24.6 Å². The molecular formula is C11H12BrNO2Si. The first-order valence-corrected chi connectivity index (χ1v) is 7.75. The number of benzene rings is 1. The third-order valence-electron chi connectivity index (χ3n) is 1.94. The number of carbonyl (C=O) groups is 1. The summed E-state index contributed by atoms with van der Waals surface area (Å²) in [5.74, 6) is 2.99. The number of carboxylic acid groups (broad SMARTS) is 1. The van der Waals surface area contributed by atoms with Crippen LogP contribution in [0.3, 0.4) is 0 Å². The Morgan fingerprint density at radius 3 is 2.81 bits per heavy atom. The third kappa shape index (κ3) is 3.40. The molecule has 0 unspecified atom stereocenters. The molecule has 1 aromatic rings. The van der Waals surface area contributed by atoms with E-state index in [-0.39, 0.29) is 9.52 Å². The summed E-state index contributed by atoms with van der Waals surface area (Å²) in [4.78, 5) is 10.6. The second-order valence-electron chi connectivity index (χ2n) is 3.23. The number of nitrogens with one attached hydrogen (secondary N) is 1. The lowest BCUT2D eigenvalue weighted by Crippen LogP contribution is -2.09. The Hall–Kier alpha value is -1.25. The predicted octanol–water partition coefficient (Wildman–Crippen LogP) is 2.37. The summed E-state index contributed by atoms with van der Waals surface area (Å²) in [6.45, 7) is 3.99. The largest absolute Gasteiger partial charge is 0.465 e. The number of rotatable bonds is 1. The lowest BCUT2D eigenvalue weighted by Gasteiger charge is -2.07. The summed E-state index contributed by atoms with van der Waals surface area (Å²) in [5, 5.41) is 11.1.